The van der Waals surface area contributed by atoms with Crippen molar-refractivity contribution in [2.75, 3.05) is 11.1 Å². The predicted molar refractivity (Wildman–Crippen MR) is 129 cm³/mol. The molecule has 0 aliphatic rings. The SMILES string of the molecule is CCn1c(COc2cccc3ccccc23)nnc1SCC(=O)Nc1ccc(C)c(C)c1. The van der Waals surface area contributed by atoms with E-state index in [1.165, 1.54) is 17.3 Å². The van der Waals surface area contributed by atoms with Gasteiger partial charge in [-0.25, -0.2) is 0 Å². The van der Waals surface area contributed by atoms with Crippen LogP contribution < -0.4 is 10.1 Å². The lowest BCUT2D eigenvalue weighted by Gasteiger charge is -2.11. The third-order valence-corrected chi connectivity index (χ3v) is 6.31. The first kappa shape index (κ1) is 21.9. The van der Waals surface area contributed by atoms with Gasteiger partial charge >= 0.3 is 0 Å². The van der Waals surface area contributed by atoms with Gasteiger partial charge in [0.15, 0.2) is 11.0 Å². The molecule has 0 fully saturated rings. The molecule has 0 spiro atoms. The number of carbonyl (C=O) groups is 1. The molecule has 0 saturated carbocycles. The van der Waals surface area contributed by atoms with Crippen LogP contribution in [0, 0.1) is 13.8 Å². The summed E-state index contributed by atoms with van der Waals surface area (Å²) in [6.45, 7) is 7.12. The number of thioether (sulfide) groups is 1. The molecule has 0 atom stereocenters. The van der Waals surface area contributed by atoms with Crippen LogP contribution in [-0.2, 0) is 17.9 Å². The zero-order valence-corrected chi connectivity index (χ0v) is 19.3. The third-order valence-electron chi connectivity index (χ3n) is 5.34. The van der Waals surface area contributed by atoms with E-state index in [1.807, 2.05) is 66.9 Å². The maximum Gasteiger partial charge on any atom is 0.234 e. The highest BCUT2D eigenvalue weighted by atomic mass is 32.2. The summed E-state index contributed by atoms with van der Waals surface area (Å²) in [5.74, 6) is 1.74. The number of benzene rings is 3. The summed E-state index contributed by atoms with van der Waals surface area (Å²) >= 11 is 1.37. The fraction of sp³-hybridized carbons (Fsp3) is 0.240. The van der Waals surface area contributed by atoms with Crippen molar-refractivity contribution in [1.82, 2.24) is 14.8 Å². The Balaban J connectivity index is 1.39. The van der Waals surface area contributed by atoms with Crippen molar-refractivity contribution in [2.24, 2.45) is 0 Å². The number of aromatic nitrogens is 3. The van der Waals surface area contributed by atoms with Crippen LogP contribution in [0.4, 0.5) is 5.69 Å². The fourth-order valence-electron chi connectivity index (χ4n) is 3.46. The van der Waals surface area contributed by atoms with Crippen molar-refractivity contribution >= 4 is 34.1 Å². The van der Waals surface area contributed by atoms with E-state index < -0.39 is 0 Å². The van der Waals surface area contributed by atoms with Gasteiger partial charge in [0, 0.05) is 17.6 Å². The first-order chi connectivity index (χ1) is 15.5. The van der Waals surface area contributed by atoms with E-state index in [1.54, 1.807) is 0 Å². The minimum absolute atomic E-state index is 0.0718. The Bertz CT molecular complexity index is 1250. The first-order valence-electron chi connectivity index (χ1n) is 10.6. The normalized spacial score (nSPS) is 11.0. The Morgan fingerprint density at radius 2 is 1.84 bits per heavy atom. The fourth-order valence-corrected chi connectivity index (χ4v) is 4.28. The van der Waals surface area contributed by atoms with Gasteiger partial charge in [-0.05, 0) is 55.5 Å². The first-order valence-corrected chi connectivity index (χ1v) is 11.6. The molecular formula is C25H26N4O2S. The van der Waals surface area contributed by atoms with Crippen molar-refractivity contribution in [3.05, 3.63) is 77.6 Å². The zero-order chi connectivity index (χ0) is 22.5. The molecule has 1 N–H and O–H groups in total. The Morgan fingerprint density at radius 1 is 1.03 bits per heavy atom. The van der Waals surface area contributed by atoms with Crippen LogP contribution in [0.25, 0.3) is 10.8 Å². The minimum atomic E-state index is -0.0718. The lowest BCUT2D eigenvalue weighted by molar-refractivity contribution is -0.113. The standard InChI is InChI=1S/C25H26N4O2S/c1-4-29-23(15-31-22-11-7-9-19-8-5-6-10-21(19)22)27-28-25(29)32-16-24(30)26-20-13-12-17(2)18(3)14-20/h5-14H,4,15-16H2,1-3H3,(H,26,30). The quantitative estimate of drug-likeness (QED) is 0.368. The summed E-state index contributed by atoms with van der Waals surface area (Å²) in [6, 6.07) is 20.0. The third kappa shape index (κ3) is 4.94. The smallest absolute Gasteiger partial charge is 0.234 e. The van der Waals surface area contributed by atoms with E-state index in [4.69, 9.17) is 4.74 Å². The van der Waals surface area contributed by atoms with Crippen LogP contribution in [0.15, 0.2) is 65.8 Å². The number of carbonyl (C=O) groups excluding carboxylic acids is 1. The van der Waals surface area contributed by atoms with Gasteiger partial charge in [-0.3, -0.25) is 4.79 Å². The summed E-state index contributed by atoms with van der Waals surface area (Å²) in [6.07, 6.45) is 0. The molecular weight excluding hydrogens is 420 g/mol. The lowest BCUT2D eigenvalue weighted by atomic mass is 10.1. The van der Waals surface area contributed by atoms with Gasteiger partial charge in [0.1, 0.15) is 12.4 Å². The lowest BCUT2D eigenvalue weighted by Crippen LogP contribution is -2.15. The van der Waals surface area contributed by atoms with Gasteiger partial charge in [-0.1, -0.05) is 54.2 Å². The summed E-state index contributed by atoms with van der Waals surface area (Å²) < 4.78 is 8.06. The topological polar surface area (TPSA) is 69.0 Å². The van der Waals surface area contributed by atoms with E-state index in [0.717, 1.165) is 33.6 Å². The monoisotopic (exact) mass is 446 g/mol. The number of rotatable bonds is 8. The average molecular weight is 447 g/mol. The molecule has 4 aromatic rings. The van der Waals surface area contributed by atoms with Crippen LogP contribution >= 0.6 is 11.8 Å². The number of nitrogens with one attached hydrogen (secondary N) is 1. The Hall–Kier alpha value is -3.32. The molecule has 7 heteroatoms. The van der Waals surface area contributed by atoms with Crippen molar-refractivity contribution in [1.29, 1.82) is 0 Å². The van der Waals surface area contributed by atoms with Gasteiger partial charge < -0.3 is 14.6 Å². The van der Waals surface area contributed by atoms with E-state index in [0.29, 0.717) is 18.3 Å². The molecule has 6 nitrogen and oxygen atoms in total. The van der Waals surface area contributed by atoms with Gasteiger partial charge in [-0.2, -0.15) is 0 Å². The molecule has 0 radical (unpaired) electrons. The summed E-state index contributed by atoms with van der Waals surface area (Å²) in [5.41, 5.74) is 3.16. The number of fused-ring (bicyclic) bond motifs is 1. The molecule has 0 saturated heterocycles. The van der Waals surface area contributed by atoms with Crippen LogP contribution in [0.2, 0.25) is 0 Å². The Morgan fingerprint density at radius 3 is 2.66 bits per heavy atom. The molecule has 0 aliphatic carbocycles. The molecule has 32 heavy (non-hydrogen) atoms. The van der Waals surface area contributed by atoms with Crippen LogP contribution in [0.5, 0.6) is 5.75 Å². The second-order valence-electron chi connectivity index (χ2n) is 7.54. The van der Waals surface area contributed by atoms with Crippen molar-refractivity contribution in [2.45, 2.75) is 39.1 Å². The second kappa shape index (κ2) is 9.87. The van der Waals surface area contributed by atoms with Gasteiger partial charge in [0.05, 0.1) is 5.75 Å². The molecule has 1 amide bonds. The molecule has 4 rings (SSSR count). The van der Waals surface area contributed by atoms with Gasteiger partial charge in [0.2, 0.25) is 5.91 Å². The maximum atomic E-state index is 12.4. The molecule has 1 heterocycles. The number of ether oxygens (including phenoxy) is 1. The molecule has 164 valence electrons. The summed E-state index contributed by atoms with van der Waals surface area (Å²) in [5, 5.41) is 14.4. The minimum Gasteiger partial charge on any atom is -0.485 e. The summed E-state index contributed by atoms with van der Waals surface area (Å²) in [7, 11) is 0. The van der Waals surface area contributed by atoms with E-state index >= 15 is 0 Å². The largest absolute Gasteiger partial charge is 0.485 e. The molecule has 0 aliphatic heterocycles. The highest BCUT2D eigenvalue weighted by Gasteiger charge is 2.14. The number of amides is 1. The maximum absolute atomic E-state index is 12.4. The van der Waals surface area contributed by atoms with Crippen molar-refractivity contribution in [3.63, 3.8) is 0 Å². The van der Waals surface area contributed by atoms with Gasteiger partial charge in [0.25, 0.3) is 0 Å². The molecule has 3 aromatic carbocycles. The Kier molecular flexibility index (Phi) is 6.75. The average Bonchev–Trinajstić information content (AvgIpc) is 3.20. The number of hydrogen-bond acceptors (Lipinski definition) is 5. The number of aryl methyl sites for hydroxylation is 2. The number of hydrogen-bond donors (Lipinski definition) is 1. The zero-order valence-electron chi connectivity index (χ0n) is 18.5. The van der Waals surface area contributed by atoms with Crippen molar-refractivity contribution in [3.8, 4) is 5.75 Å². The van der Waals surface area contributed by atoms with Crippen LogP contribution in [0.3, 0.4) is 0 Å². The predicted octanol–water partition coefficient (Wildman–Crippen LogP) is 5.38. The molecule has 0 unspecified atom stereocenters. The highest BCUT2D eigenvalue weighted by Crippen LogP contribution is 2.26. The second-order valence-corrected chi connectivity index (χ2v) is 8.49. The molecule has 1 aromatic heterocycles. The van der Waals surface area contributed by atoms with E-state index in [9.17, 15) is 4.79 Å². The highest BCUT2D eigenvalue weighted by molar-refractivity contribution is 7.99. The summed E-state index contributed by atoms with van der Waals surface area (Å²) in [4.78, 5) is 12.4. The number of nitrogens with zero attached hydrogens (tertiary/aromatic N) is 3. The van der Waals surface area contributed by atoms with E-state index in [2.05, 4.69) is 34.6 Å². The van der Waals surface area contributed by atoms with Crippen LogP contribution in [0.1, 0.15) is 23.9 Å². The number of anilines is 1. The van der Waals surface area contributed by atoms with Crippen LogP contribution in [-0.4, -0.2) is 26.4 Å². The van der Waals surface area contributed by atoms with Gasteiger partial charge in [-0.15, -0.1) is 10.2 Å². The van der Waals surface area contributed by atoms with E-state index in [-0.39, 0.29) is 11.7 Å². The van der Waals surface area contributed by atoms with Crippen molar-refractivity contribution < 1.29 is 9.53 Å². The Labute approximate surface area is 192 Å². The molecule has 0 bridgehead atoms.